The van der Waals surface area contributed by atoms with Crippen molar-refractivity contribution in [1.29, 1.82) is 0 Å². The number of nitrogens with zero attached hydrogens (tertiary/aromatic N) is 2. The van der Waals surface area contributed by atoms with Crippen molar-refractivity contribution in [3.05, 3.63) is 76.3 Å². The summed E-state index contributed by atoms with van der Waals surface area (Å²) in [6, 6.07) is 11.8. The maximum absolute atomic E-state index is 12.4. The van der Waals surface area contributed by atoms with Crippen LogP contribution in [0.15, 0.2) is 59.7 Å². The Balaban J connectivity index is 2.09. The van der Waals surface area contributed by atoms with Gasteiger partial charge >= 0.3 is 0 Å². The van der Waals surface area contributed by atoms with Gasteiger partial charge in [-0.1, -0.05) is 6.07 Å². The number of fused-ring (bicyclic) bond motifs is 1. The predicted octanol–water partition coefficient (Wildman–Crippen LogP) is 1.93. The summed E-state index contributed by atoms with van der Waals surface area (Å²) in [6.45, 7) is 0. The van der Waals surface area contributed by atoms with Crippen molar-refractivity contribution in [2.24, 2.45) is 0 Å². The van der Waals surface area contributed by atoms with Crippen molar-refractivity contribution < 1.29 is 9.53 Å². The molecule has 2 heterocycles. The summed E-state index contributed by atoms with van der Waals surface area (Å²) in [7, 11) is 1.55. The Bertz CT molecular complexity index is 867. The number of hydrogen-bond acceptors (Lipinski definition) is 4. The Morgan fingerprint density at radius 1 is 1.14 bits per heavy atom. The zero-order valence-corrected chi connectivity index (χ0v) is 11.3. The molecule has 0 aliphatic carbocycles. The van der Waals surface area contributed by atoms with E-state index in [-0.39, 0.29) is 16.9 Å². The minimum absolute atomic E-state index is 0.0452. The molecule has 0 aliphatic rings. The fourth-order valence-corrected chi connectivity index (χ4v) is 2.08. The predicted molar refractivity (Wildman–Crippen MR) is 77.9 cm³/mol. The van der Waals surface area contributed by atoms with E-state index >= 15 is 0 Å². The van der Waals surface area contributed by atoms with Gasteiger partial charge in [0.05, 0.1) is 7.11 Å². The Hall–Kier alpha value is -2.95. The van der Waals surface area contributed by atoms with Crippen molar-refractivity contribution in [2.45, 2.75) is 0 Å². The Morgan fingerprint density at radius 3 is 2.62 bits per heavy atom. The molecular weight excluding hydrogens is 268 g/mol. The number of ketones is 1. The van der Waals surface area contributed by atoms with Gasteiger partial charge in [-0.15, -0.1) is 0 Å². The number of pyridine rings is 1. The molecule has 3 aromatic rings. The highest BCUT2D eigenvalue weighted by atomic mass is 16.5. The minimum Gasteiger partial charge on any atom is -0.497 e. The second-order valence-electron chi connectivity index (χ2n) is 4.46. The zero-order chi connectivity index (χ0) is 14.8. The maximum Gasteiger partial charge on any atom is 0.269 e. The highest BCUT2D eigenvalue weighted by Crippen LogP contribution is 2.13. The molecule has 0 bridgehead atoms. The molecular formula is C16H12N2O3. The van der Waals surface area contributed by atoms with E-state index in [9.17, 15) is 9.59 Å². The summed E-state index contributed by atoms with van der Waals surface area (Å²) in [4.78, 5) is 28.9. The van der Waals surface area contributed by atoms with E-state index in [1.807, 2.05) is 0 Å². The van der Waals surface area contributed by atoms with Gasteiger partial charge in [-0.3, -0.25) is 14.0 Å². The van der Waals surface area contributed by atoms with Crippen LogP contribution < -0.4 is 10.3 Å². The molecule has 104 valence electrons. The normalized spacial score (nSPS) is 10.5. The molecule has 0 atom stereocenters. The van der Waals surface area contributed by atoms with Crippen LogP contribution in [0.25, 0.3) is 5.65 Å². The van der Waals surface area contributed by atoms with Crippen LogP contribution in [0.4, 0.5) is 0 Å². The lowest BCUT2D eigenvalue weighted by Crippen LogP contribution is -2.23. The van der Waals surface area contributed by atoms with E-state index in [0.717, 1.165) is 0 Å². The first-order valence-electron chi connectivity index (χ1n) is 6.36. The third-order valence-electron chi connectivity index (χ3n) is 3.21. The molecule has 21 heavy (non-hydrogen) atoms. The third kappa shape index (κ3) is 2.29. The molecule has 0 aliphatic heterocycles. The lowest BCUT2D eigenvalue weighted by atomic mass is 10.1. The summed E-state index contributed by atoms with van der Waals surface area (Å²) < 4.78 is 6.40. The largest absolute Gasteiger partial charge is 0.497 e. The molecule has 1 aromatic carbocycles. The third-order valence-corrected chi connectivity index (χ3v) is 3.21. The molecule has 0 unspecified atom stereocenters. The molecule has 5 heteroatoms. The molecule has 0 saturated heterocycles. The van der Waals surface area contributed by atoms with Crippen molar-refractivity contribution in [3.8, 4) is 5.75 Å². The van der Waals surface area contributed by atoms with Crippen LogP contribution in [-0.4, -0.2) is 22.3 Å². The second kappa shape index (κ2) is 5.20. The van der Waals surface area contributed by atoms with Crippen LogP contribution in [0.2, 0.25) is 0 Å². The molecule has 0 saturated carbocycles. The van der Waals surface area contributed by atoms with Gasteiger partial charge in [-0.2, -0.15) is 0 Å². The minimum atomic E-state index is -0.374. The number of benzene rings is 1. The van der Waals surface area contributed by atoms with Crippen molar-refractivity contribution >= 4 is 11.4 Å². The standard InChI is InChI=1S/C16H12N2O3/c1-21-12-7-5-11(6-8-12)15(19)13-10-17-14-4-2-3-9-18(14)16(13)20/h2-10H,1H3. The summed E-state index contributed by atoms with van der Waals surface area (Å²) in [5.41, 5.74) is 0.602. The SMILES string of the molecule is COc1ccc(C(=O)c2cnc3ccccn3c2=O)cc1. The van der Waals surface area contributed by atoms with E-state index < -0.39 is 0 Å². The van der Waals surface area contributed by atoms with Crippen LogP contribution >= 0.6 is 0 Å². The molecule has 0 amide bonds. The first kappa shape index (κ1) is 13.1. The zero-order valence-electron chi connectivity index (χ0n) is 11.3. The van der Waals surface area contributed by atoms with Gasteiger partial charge in [0.2, 0.25) is 0 Å². The number of carbonyl (C=O) groups is 1. The first-order valence-corrected chi connectivity index (χ1v) is 6.36. The fraction of sp³-hybridized carbons (Fsp3) is 0.0625. The lowest BCUT2D eigenvalue weighted by Gasteiger charge is -2.04. The summed E-state index contributed by atoms with van der Waals surface area (Å²) in [6.07, 6.45) is 2.92. The highest BCUT2D eigenvalue weighted by Gasteiger charge is 2.15. The van der Waals surface area contributed by atoms with Gasteiger partial charge in [0.25, 0.3) is 5.56 Å². The van der Waals surface area contributed by atoms with Gasteiger partial charge in [-0.25, -0.2) is 4.98 Å². The van der Waals surface area contributed by atoms with Gasteiger partial charge in [0.15, 0.2) is 5.78 Å². The number of rotatable bonds is 3. The van der Waals surface area contributed by atoms with E-state index in [4.69, 9.17) is 4.74 Å². The van der Waals surface area contributed by atoms with Crippen molar-refractivity contribution in [1.82, 2.24) is 9.38 Å². The van der Waals surface area contributed by atoms with Crippen LogP contribution in [0, 0.1) is 0 Å². The smallest absolute Gasteiger partial charge is 0.269 e. The van der Waals surface area contributed by atoms with Crippen molar-refractivity contribution in [3.63, 3.8) is 0 Å². The monoisotopic (exact) mass is 280 g/mol. The molecule has 5 nitrogen and oxygen atoms in total. The Labute approximate surface area is 120 Å². The Kier molecular flexibility index (Phi) is 3.23. The molecule has 2 aromatic heterocycles. The molecule has 0 spiro atoms. The van der Waals surface area contributed by atoms with Gasteiger partial charge in [0.1, 0.15) is 17.0 Å². The molecule has 0 fully saturated rings. The summed E-state index contributed by atoms with van der Waals surface area (Å²) in [5.74, 6) is 0.299. The lowest BCUT2D eigenvalue weighted by molar-refractivity contribution is 0.103. The molecule has 3 rings (SSSR count). The fourth-order valence-electron chi connectivity index (χ4n) is 2.08. The van der Waals surface area contributed by atoms with Crippen LogP contribution in [0.5, 0.6) is 5.75 Å². The van der Waals surface area contributed by atoms with Crippen molar-refractivity contribution in [2.75, 3.05) is 7.11 Å². The van der Waals surface area contributed by atoms with E-state index in [1.165, 1.54) is 10.6 Å². The number of ether oxygens (including phenoxy) is 1. The average molecular weight is 280 g/mol. The maximum atomic E-state index is 12.4. The second-order valence-corrected chi connectivity index (χ2v) is 4.46. The van der Waals surface area contributed by atoms with Gasteiger partial charge < -0.3 is 4.74 Å². The topological polar surface area (TPSA) is 60.7 Å². The molecule has 0 N–H and O–H groups in total. The number of aromatic nitrogens is 2. The van der Waals surface area contributed by atoms with Gasteiger partial charge in [0, 0.05) is 18.0 Å². The average Bonchev–Trinajstić information content (AvgIpc) is 2.55. The molecule has 0 radical (unpaired) electrons. The van der Waals surface area contributed by atoms with Crippen LogP contribution in [-0.2, 0) is 0 Å². The van der Waals surface area contributed by atoms with Crippen LogP contribution in [0.1, 0.15) is 15.9 Å². The number of methoxy groups -OCH3 is 1. The summed E-state index contributed by atoms with van der Waals surface area (Å²) >= 11 is 0. The summed E-state index contributed by atoms with van der Waals surface area (Å²) in [5, 5.41) is 0. The Morgan fingerprint density at radius 2 is 1.90 bits per heavy atom. The number of hydrogen-bond donors (Lipinski definition) is 0. The number of carbonyl (C=O) groups excluding carboxylic acids is 1. The van der Waals surface area contributed by atoms with E-state index in [0.29, 0.717) is 17.0 Å². The van der Waals surface area contributed by atoms with E-state index in [1.54, 1.807) is 55.8 Å². The van der Waals surface area contributed by atoms with Gasteiger partial charge in [-0.05, 0) is 36.4 Å². The highest BCUT2D eigenvalue weighted by molar-refractivity contribution is 6.08. The quantitative estimate of drug-likeness (QED) is 0.688. The first-order chi connectivity index (χ1) is 10.2. The van der Waals surface area contributed by atoms with Crippen LogP contribution in [0.3, 0.4) is 0 Å². The van der Waals surface area contributed by atoms with E-state index in [2.05, 4.69) is 4.98 Å².